The van der Waals surface area contributed by atoms with Crippen molar-refractivity contribution < 1.29 is 10.2 Å². The Hall–Kier alpha value is 0.01000. The molecule has 2 unspecified atom stereocenters. The fraction of sp³-hybridized carbons (Fsp3) is 0.800. The van der Waals surface area contributed by atoms with Gasteiger partial charge in [-0.3, -0.25) is 0 Å². The number of aliphatic hydroxyl groups excluding tert-OH is 2. The lowest BCUT2D eigenvalue weighted by Gasteiger charge is -2.10. The fourth-order valence-electron chi connectivity index (χ4n) is 1.45. The summed E-state index contributed by atoms with van der Waals surface area (Å²) in [6.45, 7) is 2.18. The van der Waals surface area contributed by atoms with Gasteiger partial charge in [0.25, 0.3) is 0 Å². The quantitative estimate of drug-likeness (QED) is 0.672. The van der Waals surface area contributed by atoms with Gasteiger partial charge in [-0.05, 0) is 23.8 Å². The molecule has 2 atom stereocenters. The minimum atomic E-state index is -0.624. The average molecular weight is 202 g/mol. The molecular formula is C10H18O2S. The van der Waals surface area contributed by atoms with Gasteiger partial charge in [0.2, 0.25) is 0 Å². The van der Waals surface area contributed by atoms with Gasteiger partial charge in [0.1, 0.15) is 11.5 Å². The Bertz CT molecular complexity index is 180. The summed E-state index contributed by atoms with van der Waals surface area (Å²) in [5.41, 5.74) is 0.384. The van der Waals surface area contributed by atoms with Crippen molar-refractivity contribution in [1.29, 1.82) is 0 Å². The maximum atomic E-state index is 9.47. The van der Waals surface area contributed by atoms with E-state index in [0.717, 1.165) is 18.4 Å². The first-order valence-electron chi connectivity index (χ1n) is 4.96. The number of hydrogen-bond acceptors (Lipinski definition) is 3. The van der Waals surface area contributed by atoms with Crippen LogP contribution in [0.15, 0.2) is 11.0 Å². The van der Waals surface area contributed by atoms with E-state index in [1.165, 1.54) is 31.0 Å². The van der Waals surface area contributed by atoms with E-state index < -0.39 is 11.5 Å². The zero-order chi connectivity index (χ0) is 9.68. The zero-order valence-corrected chi connectivity index (χ0v) is 8.89. The first-order chi connectivity index (χ1) is 6.25. The number of unbranched alkanes of at least 4 members (excludes halogenated alkanes) is 3. The number of hydrogen-bond donors (Lipinski definition) is 2. The van der Waals surface area contributed by atoms with Crippen LogP contribution in [0.1, 0.15) is 39.0 Å². The summed E-state index contributed by atoms with van der Waals surface area (Å²) in [7, 11) is 0. The van der Waals surface area contributed by atoms with Gasteiger partial charge in [0.15, 0.2) is 0 Å². The average Bonchev–Trinajstić information content (AvgIpc) is 2.43. The number of aliphatic hydroxyl groups is 2. The minimum absolute atomic E-state index is 0.619. The van der Waals surface area contributed by atoms with Gasteiger partial charge in [-0.1, -0.05) is 37.9 Å². The molecule has 0 aromatic rings. The van der Waals surface area contributed by atoms with Gasteiger partial charge in [0.05, 0.1) is 0 Å². The minimum Gasteiger partial charge on any atom is -0.385 e. The molecule has 1 rings (SSSR count). The van der Waals surface area contributed by atoms with E-state index in [4.69, 9.17) is 0 Å². The molecule has 1 aliphatic heterocycles. The van der Waals surface area contributed by atoms with Gasteiger partial charge in [0, 0.05) is 0 Å². The van der Waals surface area contributed by atoms with Crippen LogP contribution in [0, 0.1) is 0 Å². The zero-order valence-electron chi connectivity index (χ0n) is 8.07. The Labute approximate surface area is 84.0 Å². The van der Waals surface area contributed by atoms with Crippen LogP contribution in [0.2, 0.25) is 0 Å². The topological polar surface area (TPSA) is 40.5 Å². The summed E-state index contributed by atoms with van der Waals surface area (Å²) in [6, 6.07) is 0. The molecule has 0 fully saturated rings. The van der Waals surface area contributed by atoms with Crippen molar-refractivity contribution in [2.75, 3.05) is 0 Å². The molecule has 0 amide bonds. The van der Waals surface area contributed by atoms with E-state index in [-0.39, 0.29) is 0 Å². The van der Waals surface area contributed by atoms with E-state index in [1.54, 1.807) is 0 Å². The summed E-state index contributed by atoms with van der Waals surface area (Å²) < 4.78 is 0. The normalized spacial score (nSPS) is 27.8. The first kappa shape index (κ1) is 11.1. The SMILES string of the molecule is CCCCCCC1=CSC(O)C1O. The lowest BCUT2D eigenvalue weighted by Crippen LogP contribution is -2.19. The highest BCUT2D eigenvalue weighted by molar-refractivity contribution is 8.02. The molecule has 0 aromatic carbocycles. The third-order valence-electron chi connectivity index (χ3n) is 2.33. The van der Waals surface area contributed by atoms with E-state index in [1.807, 2.05) is 5.41 Å². The molecule has 1 aliphatic rings. The molecule has 76 valence electrons. The summed E-state index contributed by atoms with van der Waals surface area (Å²) in [5, 5.41) is 20.6. The lowest BCUT2D eigenvalue weighted by atomic mass is 10.0. The Balaban J connectivity index is 2.15. The molecule has 0 aliphatic carbocycles. The van der Waals surface area contributed by atoms with Crippen LogP contribution >= 0.6 is 11.8 Å². The second-order valence-electron chi connectivity index (χ2n) is 3.47. The Kier molecular flexibility index (Phi) is 4.84. The van der Waals surface area contributed by atoms with E-state index in [0.29, 0.717) is 0 Å². The summed E-state index contributed by atoms with van der Waals surface area (Å²) in [4.78, 5) is 0. The van der Waals surface area contributed by atoms with Gasteiger partial charge < -0.3 is 10.2 Å². The molecular weight excluding hydrogens is 184 g/mol. The Morgan fingerprint density at radius 3 is 2.62 bits per heavy atom. The van der Waals surface area contributed by atoms with Crippen molar-refractivity contribution in [1.82, 2.24) is 0 Å². The second kappa shape index (κ2) is 5.68. The molecule has 2 nitrogen and oxygen atoms in total. The molecule has 0 spiro atoms. The van der Waals surface area contributed by atoms with E-state index in [2.05, 4.69) is 6.92 Å². The van der Waals surface area contributed by atoms with Gasteiger partial charge in [-0.2, -0.15) is 0 Å². The second-order valence-corrected chi connectivity index (χ2v) is 4.47. The van der Waals surface area contributed by atoms with E-state index >= 15 is 0 Å². The molecule has 3 heteroatoms. The van der Waals surface area contributed by atoms with Crippen molar-refractivity contribution in [3.63, 3.8) is 0 Å². The van der Waals surface area contributed by atoms with Crippen LogP contribution in [0.4, 0.5) is 0 Å². The van der Waals surface area contributed by atoms with Crippen molar-refractivity contribution in [2.45, 2.75) is 50.6 Å². The number of rotatable bonds is 5. The predicted molar refractivity (Wildman–Crippen MR) is 56.4 cm³/mol. The molecule has 1 heterocycles. The number of thioether (sulfide) groups is 1. The predicted octanol–water partition coefficient (Wildman–Crippen LogP) is 2.27. The van der Waals surface area contributed by atoms with E-state index in [9.17, 15) is 10.2 Å². The van der Waals surface area contributed by atoms with Crippen LogP contribution in [0.25, 0.3) is 0 Å². The van der Waals surface area contributed by atoms with Crippen LogP contribution < -0.4 is 0 Å². The van der Waals surface area contributed by atoms with Crippen LogP contribution in [-0.2, 0) is 0 Å². The summed E-state index contributed by atoms with van der Waals surface area (Å²) >= 11 is 1.32. The maximum Gasteiger partial charge on any atom is 0.133 e. The molecule has 13 heavy (non-hydrogen) atoms. The first-order valence-corrected chi connectivity index (χ1v) is 5.90. The van der Waals surface area contributed by atoms with Crippen LogP contribution in [-0.4, -0.2) is 21.8 Å². The van der Waals surface area contributed by atoms with Crippen LogP contribution in [0.3, 0.4) is 0 Å². The van der Waals surface area contributed by atoms with Crippen molar-refractivity contribution >= 4 is 11.8 Å². The molecule has 0 radical (unpaired) electrons. The van der Waals surface area contributed by atoms with Crippen molar-refractivity contribution in [3.8, 4) is 0 Å². The van der Waals surface area contributed by atoms with Crippen molar-refractivity contribution in [3.05, 3.63) is 11.0 Å². The third-order valence-corrected chi connectivity index (χ3v) is 3.30. The molecule has 0 aromatic heterocycles. The largest absolute Gasteiger partial charge is 0.385 e. The third kappa shape index (κ3) is 3.33. The molecule has 0 saturated heterocycles. The Morgan fingerprint density at radius 1 is 1.31 bits per heavy atom. The highest BCUT2D eigenvalue weighted by Crippen LogP contribution is 2.31. The van der Waals surface area contributed by atoms with Gasteiger partial charge in [-0.25, -0.2) is 0 Å². The molecule has 0 bridgehead atoms. The molecule has 2 N–H and O–H groups in total. The summed E-state index contributed by atoms with van der Waals surface area (Å²) in [5.74, 6) is 0. The highest BCUT2D eigenvalue weighted by atomic mass is 32.2. The smallest absolute Gasteiger partial charge is 0.133 e. The summed E-state index contributed by atoms with van der Waals surface area (Å²) in [6.07, 6.45) is 5.17. The van der Waals surface area contributed by atoms with Crippen molar-refractivity contribution in [2.24, 2.45) is 0 Å². The Morgan fingerprint density at radius 2 is 2.08 bits per heavy atom. The fourth-order valence-corrected chi connectivity index (χ4v) is 2.34. The van der Waals surface area contributed by atoms with Gasteiger partial charge in [-0.15, -0.1) is 0 Å². The highest BCUT2D eigenvalue weighted by Gasteiger charge is 2.25. The monoisotopic (exact) mass is 202 g/mol. The lowest BCUT2D eigenvalue weighted by molar-refractivity contribution is 0.101. The maximum absolute atomic E-state index is 9.47. The molecule has 0 saturated carbocycles. The standard InChI is InChI=1S/C10H18O2S/c1-2-3-4-5-6-8-7-13-10(12)9(8)11/h7,9-12H,2-6H2,1H3. The van der Waals surface area contributed by atoms with Crippen LogP contribution in [0.5, 0.6) is 0 Å². The van der Waals surface area contributed by atoms with Gasteiger partial charge >= 0.3 is 0 Å².